The standard InChI is InChI=1S/C57H106O16/c1-48(2)7-6-8-49(3)53-11-12-54-52-10-9-50-47-51(13-15-56(50,4)55(52)14-16-57(53,54)5)73-46-45-72-44-43-71-42-41-70-40-39-69-38-37-68-36-35-67-34-33-66-32-31-65-30-29-64-28-27-63-26-25-62-24-23-61-22-21-60-20-19-59-18-17-58/h9,48-49,51-55,58H,6-8,10-47H2,1-5H3/t49-,51+,52+,53-,54+,55+,56+,57-/m1/s1. The van der Waals surface area contributed by atoms with E-state index in [1.807, 2.05) is 0 Å². The van der Waals surface area contributed by atoms with Gasteiger partial charge in [-0.1, -0.05) is 65.5 Å². The smallest absolute Gasteiger partial charge is 0.0704 e. The molecule has 3 saturated carbocycles. The molecule has 0 amide bonds. The van der Waals surface area contributed by atoms with Gasteiger partial charge in [-0.2, -0.15) is 0 Å². The summed E-state index contributed by atoms with van der Waals surface area (Å²) in [5, 5.41) is 8.62. The van der Waals surface area contributed by atoms with Gasteiger partial charge in [0, 0.05) is 0 Å². The topological polar surface area (TPSA) is 159 Å². The van der Waals surface area contributed by atoms with Gasteiger partial charge in [-0.15, -0.1) is 0 Å². The summed E-state index contributed by atoms with van der Waals surface area (Å²) in [4.78, 5) is 0. The predicted octanol–water partition coefficient (Wildman–Crippen LogP) is 7.64. The molecule has 4 aliphatic rings. The van der Waals surface area contributed by atoms with Crippen molar-refractivity contribution in [3.8, 4) is 0 Å². The second kappa shape index (κ2) is 41.2. The van der Waals surface area contributed by atoms with Gasteiger partial charge in [0.25, 0.3) is 0 Å². The highest BCUT2D eigenvalue weighted by molar-refractivity contribution is 5.25. The van der Waals surface area contributed by atoms with Gasteiger partial charge < -0.3 is 76.2 Å². The number of ether oxygens (including phenoxy) is 15. The summed E-state index contributed by atoms with van der Waals surface area (Å²) in [6.07, 6.45) is 17.8. The minimum absolute atomic E-state index is 0.0233. The molecule has 0 aromatic rings. The number of hydrogen-bond acceptors (Lipinski definition) is 16. The summed E-state index contributed by atoms with van der Waals surface area (Å²) >= 11 is 0. The summed E-state index contributed by atoms with van der Waals surface area (Å²) < 4.78 is 83.7. The normalized spacial score (nSPS) is 25.2. The summed E-state index contributed by atoms with van der Waals surface area (Å²) in [6.45, 7) is 27.5. The lowest BCUT2D eigenvalue weighted by atomic mass is 9.47. The Labute approximate surface area is 442 Å². The molecule has 16 nitrogen and oxygen atoms in total. The lowest BCUT2D eigenvalue weighted by Crippen LogP contribution is -2.51. The second-order valence-electron chi connectivity index (χ2n) is 21.3. The van der Waals surface area contributed by atoms with Crippen LogP contribution in [0.15, 0.2) is 11.6 Å². The van der Waals surface area contributed by atoms with Crippen molar-refractivity contribution in [1.29, 1.82) is 0 Å². The molecule has 0 heterocycles. The van der Waals surface area contributed by atoms with Crippen LogP contribution in [0.4, 0.5) is 0 Å². The van der Waals surface area contributed by atoms with Crippen LogP contribution in [0.3, 0.4) is 0 Å². The monoisotopic (exact) mass is 1050 g/mol. The summed E-state index contributed by atoms with van der Waals surface area (Å²) in [6, 6.07) is 0. The van der Waals surface area contributed by atoms with E-state index in [4.69, 9.17) is 76.2 Å². The highest BCUT2D eigenvalue weighted by Crippen LogP contribution is 2.67. The molecule has 4 aliphatic carbocycles. The van der Waals surface area contributed by atoms with Gasteiger partial charge in [-0.25, -0.2) is 0 Å². The minimum Gasteiger partial charge on any atom is -0.394 e. The van der Waals surface area contributed by atoms with Gasteiger partial charge in [0.15, 0.2) is 0 Å². The molecule has 8 atom stereocenters. The molecule has 4 rings (SSSR count). The largest absolute Gasteiger partial charge is 0.394 e. The van der Waals surface area contributed by atoms with Crippen molar-refractivity contribution in [3.05, 3.63) is 11.6 Å². The third-order valence-electron chi connectivity index (χ3n) is 15.9. The number of allylic oxidation sites excluding steroid dienone is 1. The third kappa shape index (κ3) is 26.5. The van der Waals surface area contributed by atoms with E-state index in [2.05, 4.69) is 40.7 Å². The first kappa shape index (κ1) is 64.6. The van der Waals surface area contributed by atoms with Crippen molar-refractivity contribution in [1.82, 2.24) is 0 Å². The van der Waals surface area contributed by atoms with Gasteiger partial charge in [-0.05, 0) is 97.7 Å². The van der Waals surface area contributed by atoms with Gasteiger partial charge in [-0.3, -0.25) is 0 Å². The molecule has 0 unspecified atom stereocenters. The zero-order valence-electron chi connectivity index (χ0n) is 46.7. The second-order valence-corrected chi connectivity index (χ2v) is 21.3. The number of rotatable bonds is 50. The van der Waals surface area contributed by atoms with Crippen LogP contribution < -0.4 is 0 Å². The van der Waals surface area contributed by atoms with E-state index in [0.29, 0.717) is 209 Å². The molecule has 0 bridgehead atoms. The third-order valence-corrected chi connectivity index (χ3v) is 15.9. The van der Waals surface area contributed by atoms with Crippen LogP contribution >= 0.6 is 0 Å². The molecular formula is C57H106O16. The van der Waals surface area contributed by atoms with Crippen LogP contribution in [0.2, 0.25) is 0 Å². The SMILES string of the molecule is CC(C)CCC[C@@H](C)[C@H]1CC[C@H]2[C@@H]3CC=C4C[C@@H](OCCOCCOCCOCCOCCOCCOCCOCCOCCOCCOCCOCCOCCOCCOCCO)CC[C@]4(C)[C@H]3CC[C@]12C. The molecule has 16 heteroatoms. The highest BCUT2D eigenvalue weighted by Gasteiger charge is 2.59. The zero-order valence-corrected chi connectivity index (χ0v) is 46.7. The van der Waals surface area contributed by atoms with E-state index in [1.54, 1.807) is 5.57 Å². The Hall–Kier alpha value is -0.900. The van der Waals surface area contributed by atoms with Crippen molar-refractivity contribution in [3.63, 3.8) is 0 Å². The number of aliphatic hydroxyl groups is 1. The van der Waals surface area contributed by atoms with Gasteiger partial charge in [0.2, 0.25) is 0 Å². The van der Waals surface area contributed by atoms with Gasteiger partial charge in [0.05, 0.1) is 204 Å². The molecule has 73 heavy (non-hydrogen) atoms. The summed E-state index contributed by atoms with van der Waals surface area (Å²) in [5.41, 5.74) is 2.61. The van der Waals surface area contributed by atoms with Crippen LogP contribution in [0.25, 0.3) is 0 Å². The molecule has 3 fully saturated rings. The molecule has 0 aromatic carbocycles. The molecule has 1 N–H and O–H groups in total. The van der Waals surface area contributed by atoms with E-state index in [-0.39, 0.29) is 6.61 Å². The summed E-state index contributed by atoms with van der Waals surface area (Å²) in [5.74, 6) is 5.26. The fraction of sp³-hybridized carbons (Fsp3) is 0.965. The molecule has 0 aliphatic heterocycles. The summed E-state index contributed by atoms with van der Waals surface area (Å²) in [7, 11) is 0. The Morgan fingerprint density at radius 1 is 0.452 bits per heavy atom. The average molecular weight is 1050 g/mol. The predicted molar refractivity (Wildman–Crippen MR) is 281 cm³/mol. The number of hydrogen-bond donors (Lipinski definition) is 1. The van der Waals surface area contributed by atoms with E-state index >= 15 is 0 Å². The van der Waals surface area contributed by atoms with Crippen molar-refractivity contribution in [2.24, 2.45) is 46.3 Å². The Balaban J connectivity index is 0.807. The first-order chi connectivity index (χ1) is 35.8. The molecule has 0 spiro atoms. The average Bonchev–Trinajstić information content (AvgIpc) is 3.75. The van der Waals surface area contributed by atoms with E-state index in [1.165, 1.54) is 64.2 Å². The first-order valence-corrected chi connectivity index (χ1v) is 28.8. The highest BCUT2D eigenvalue weighted by atomic mass is 16.6. The molecule has 0 radical (unpaired) electrons. The molecule has 0 saturated heterocycles. The van der Waals surface area contributed by atoms with Crippen molar-refractivity contribution < 1.29 is 76.2 Å². The Morgan fingerprint density at radius 2 is 0.836 bits per heavy atom. The maximum atomic E-state index is 8.62. The maximum Gasteiger partial charge on any atom is 0.0704 e. The van der Waals surface area contributed by atoms with Crippen LogP contribution in [0, 0.1) is 46.3 Å². The van der Waals surface area contributed by atoms with Crippen LogP contribution in [-0.4, -0.2) is 209 Å². The van der Waals surface area contributed by atoms with Crippen LogP contribution in [0.5, 0.6) is 0 Å². The fourth-order valence-corrected chi connectivity index (χ4v) is 12.1. The van der Waals surface area contributed by atoms with E-state index in [0.717, 1.165) is 41.9 Å². The van der Waals surface area contributed by atoms with Gasteiger partial charge in [0.1, 0.15) is 0 Å². The van der Waals surface area contributed by atoms with E-state index in [9.17, 15) is 0 Å². The first-order valence-electron chi connectivity index (χ1n) is 28.8. The quantitative estimate of drug-likeness (QED) is 0.0468. The lowest BCUT2D eigenvalue weighted by Gasteiger charge is -2.58. The maximum absolute atomic E-state index is 8.62. The fourth-order valence-electron chi connectivity index (χ4n) is 12.1. The lowest BCUT2D eigenvalue weighted by molar-refractivity contribution is -0.0692. The van der Waals surface area contributed by atoms with Crippen LogP contribution in [0.1, 0.15) is 105 Å². The van der Waals surface area contributed by atoms with E-state index < -0.39 is 0 Å². The van der Waals surface area contributed by atoms with Crippen LogP contribution in [-0.2, 0) is 71.1 Å². The Kier molecular flexibility index (Phi) is 36.5. The number of aliphatic hydroxyl groups excluding tert-OH is 1. The Morgan fingerprint density at radius 3 is 1.22 bits per heavy atom. The van der Waals surface area contributed by atoms with Crippen molar-refractivity contribution >= 4 is 0 Å². The van der Waals surface area contributed by atoms with Crippen molar-refractivity contribution in [2.75, 3.05) is 198 Å². The van der Waals surface area contributed by atoms with Crippen molar-refractivity contribution in [2.45, 2.75) is 111 Å². The Bertz CT molecular complexity index is 1330. The minimum atomic E-state index is 0.0233. The molecular weight excluding hydrogens is 941 g/mol. The molecule has 430 valence electrons. The van der Waals surface area contributed by atoms with Gasteiger partial charge >= 0.3 is 0 Å². The zero-order chi connectivity index (χ0) is 51.9. The number of fused-ring (bicyclic) bond motifs is 5. The molecule has 0 aromatic heterocycles.